The molecule has 1 heterocycles. The number of aromatic hydroxyl groups is 2. The molecule has 0 spiro atoms. The molecule has 0 unspecified atom stereocenters. The highest BCUT2D eigenvalue weighted by molar-refractivity contribution is 14.1. The summed E-state index contributed by atoms with van der Waals surface area (Å²) in [5, 5.41) is 30.5. The molecule has 9 nitrogen and oxygen atoms in total. The molecule has 13 heteroatoms. The minimum absolute atomic E-state index is 0. The summed E-state index contributed by atoms with van der Waals surface area (Å²) in [5.41, 5.74) is 6.30. The van der Waals surface area contributed by atoms with Crippen molar-refractivity contribution in [1.82, 2.24) is 9.97 Å². The first-order chi connectivity index (χ1) is 27.2. The third kappa shape index (κ3) is 10.2. The summed E-state index contributed by atoms with van der Waals surface area (Å²) in [6.07, 6.45) is 0.736. The van der Waals surface area contributed by atoms with E-state index in [0.29, 0.717) is 16.7 Å². The summed E-state index contributed by atoms with van der Waals surface area (Å²) in [6.45, 7) is 1.08. The third-order valence-corrected chi connectivity index (χ3v) is 11.3. The van der Waals surface area contributed by atoms with Crippen molar-refractivity contribution in [2.24, 2.45) is 0 Å². The number of phenolic OH excluding ortho intramolecular Hbond substituents is 2. The SMILES string of the molecule is C.CC(=O)O.O=C1C(=O)c2cc(I)ccc2-c2ccc(I)cc21.O=Cc1ccc(O)cc1.Oc1ccc(-c2nc3c4cc(I)ccc4c4ccc(I)cc4c3[nH]2)cc1. The Hall–Kier alpha value is -4.47. The molecule has 1 aliphatic carbocycles. The van der Waals surface area contributed by atoms with Crippen LogP contribution in [0.15, 0.2) is 121 Å². The smallest absolute Gasteiger partial charge is 0.300 e. The zero-order chi connectivity index (χ0) is 41.0. The van der Waals surface area contributed by atoms with Crippen LogP contribution >= 0.6 is 90.4 Å². The number of nitrogens with zero attached hydrogens (tertiary/aromatic N) is 1. The van der Waals surface area contributed by atoms with Crippen molar-refractivity contribution in [3.05, 3.63) is 152 Å². The topological polar surface area (TPSA) is 158 Å². The van der Waals surface area contributed by atoms with Crippen LogP contribution < -0.4 is 0 Å². The van der Waals surface area contributed by atoms with Crippen LogP contribution in [0.3, 0.4) is 0 Å². The van der Waals surface area contributed by atoms with Crippen LogP contribution in [0.2, 0.25) is 0 Å². The van der Waals surface area contributed by atoms with Crippen LogP contribution in [-0.2, 0) is 4.79 Å². The minimum Gasteiger partial charge on any atom is -0.508 e. The number of Topliss-reactive ketones (excluding diaryl/α,β-unsaturated/α-hetero) is 2. The number of halogens is 4. The Morgan fingerprint density at radius 3 is 1.48 bits per heavy atom. The van der Waals surface area contributed by atoms with E-state index in [4.69, 9.17) is 20.0 Å². The number of ketones is 2. The predicted molar refractivity (Wildman–Crippen MR) is 263 cm³/mol. The van der Waals surface area contributed by atoms with Crippen molar-refractivity contribution >= 4 is 147 Å². The molecule has 0 radical (unpaired) electrons. The van der Waals surface area contributed by atoms with Crippen LogP contribution in [0.25, 0.3) is 55.1 Å². The molecular formula is C45H32I4N2O7. The summed E-state index contributed by atoms with van der Waals surface area (Å²) in [7, 11) is 0. The van der Waals surface area contributed by atoms with Crippen molar-refractivity contribution in [2.75, 3.05) is 0 Å². The lowest BCUT2D eigenvalue weighted by Crippen LogP contribution is -2.21. The third-order valence-electron chi connectivity index (χ3n) is 8.60. The minimum atomic E-state index is -0.833. The van der Waals surface area contributed by atoms with Gasteiger partial charge in [-0.2, -0.15) is 0 Å². The summed E-state index contributed by atoms with van der Waals surface area (Å²) >= 11 is 8.98. The van der Waals surface area contributed by atoms with Crippen LogP contribution in [0.4, 0.5) is 0 Å². The summed E-state index contributed by atoms with van der Waals surface area (Å²) in [4.78, 5) is 51.6. The van der Waals surface area contributed by atoms with Crippen molar-refractivity contribution in [1.29, 1.82) is 0 Å². The number of aromatic nitrogens is 2. The highest BCUT2D eigenvalue weighted by atomic mass is 127. The number of rotatable bonds is 2. The van der Waals surface area contributed by atoms with Gasteiger partial charge >= 0.3 is 0 Å². The Balaban J connectivity index is 0.000000173. The van der Waals surface area contributed by atoms with E-state index in [1.807, 2.05) is 36.4 Å². The summed E-state index contributed by atoms with van der Waals surface area (Å²) in [6, 6.07) is 37.5. The van der Waals surface area contributed by atoms with Crippen LogP contribution in [0.5, 0.6) is 11.5 Å². The molecule has 0 aliphatic heterocycles. The number of hydrogen-bond acceptors (Lipinski definition) is 7. The highest BCUT2D eigenvalue weighted by Gasteiger charge is 2.30. The molecule has 0 amide bonds. The Morgan fingerprint density at radius 2 is 1.00 bits per heavy atom. The number of benzene rings is 7. The van der Waals surface area contributed by atoms with Gasteiger partial charge in [0.2, 0.25) is 11.6 Å². The predicted octanol–water partition coefficient (Wildman–Crippen LogP) is 12.3. The first-order valence-electron chi connectivity index (χ1n) is 16.9. The lowest BCUT2D eigenvalue weighted by atomic mass is 9.84. The molecule has 0 saturated carbocycles. The number of carbonyl (C=O) groups is 4. The number of hydrogen-bond donors (Lipinski definition) is 4. The molecule has 0 bridgehead atoms. The van der Waals surface area contributed by atoms with E-state index in [1.165, 1.54) is 35.4 Å². The van der Waals surface area contributed by atoms with E-state index in [9.17, 15) is 19.5 Å². The Morgan fingerprint density at radius 1 is 0.586 bits per heavy atom. The number of fused-ring (bicyclic) bond motifs is 9. The van der Waals surface area contributed by atoms with Gasteiger partial charge in [-0.25, -0.2) is 4.98 Å². The Kier molecular flexibility index (Phi) is 15.0. The van der Waals surface area contributed by atoms with E-state index in [2.05, 4.69) is 132 Å². The molecule has 1 aromatic heterocycles. The quantitative estimate of drug-likeness (QED) is 0.0577. The van der Waals surface area contributed by atoms with E-state index in [1.54, 1.807) is 36.4 Å². The fraction of sp³-hybridized carbons (Fsp3) is 0.0444. The number of carboxylic acid groups (broad SMARTS) is 1. The van der Waals surface area contributed by atoms with E-state index < -0.39 is 17.5 Å². The molecule has 8 aromatic rings. The van der Waals surface area contributed by atoms with Gasteiger partial charge in [-0.3, -0.25) is 19.2 Å². The second kappa shape index (κ2) is 19.5. The number of carbonyl (C=O) groups excluding carboxylic acids is 3. The van der Waals surface area contributed by atoms with Crippen molar-refractivity contribution in [3.8, 4) is 34.0 Å². The summed E-state index contributed by atoms with van der Waals surface area (Å²) in [5.74, 6) is -0.395. The van der Waals surface area contributed by atoms with Gasteiger partial charge in [0.05, 0.1) is 11.0 Å². The van der Waals surface area contributed by atoms with E-state index in [0.717, 1.165) is 59.3 Å². The standard InChI is InChI=1S/C21H12I2N2O.C14H6I2O2.C7H6O2.C2H4O2.CH4/c22-12-3-7-15-16-8-4-13(23)10-18(16)20-19(17(15)9-12)24-21(25-20)11-1-5-14(26)6-2-11;15-7-1-3-9-10-4-2-8(16)6-12(10)14(18)13(17)11(9)5-7;8-5-6-1-3-7(9)4-2-6;1-2(3)4;/h1-10,26H,(H,24,25);1-6H;1-5,9H;1H3,(H,3,4);1H4. The normalized spacial score (nSPS) is 11.1. The van der Waals surface area contributed by atoms with Gasteiger partial charge in [0.15, 0.2) is 0 Å². The Labute approximate surface area is 387 Å². The number of aliphatic carboxylic acids is 1. The maximum absolute atomic E-state index is 12.1. The molecule has 292 valence electrons. The zero-order valence-electron chi connectivity index (χ0n) is 29.6. The number of phenols is 2. The highest BCUT2D eigenvalue weighted by Crippen LogP contribution is 2.37. The van der Waals surface area contributed by atoms with Crippen LogP contribution in [0, 0.1) is 14.3 Å². The fourth-order valence-corrected chi connectivity index (χ4v) is 8.07. The molecular weight excluding hydrogens is 1190 g/mol. The van der Waals surface area contributed by atoms with Gasteiger partial charge in [0.1, 0.15) is 23.6 Å². The van der Waals surface area contributed by atoms with E-state index in [-0.39, 0.29) is 18.9 Å². The molecule has 0 saturated heterocycles. The molecule has 0 atom stereocenters. The first kappa shape index (κ1) is 44.6. The van der Waals surface area contributed by atoms with Gasteiger partial charge in [0.25, 0.3) is 5.97 Å². The lowest BCUT2D eigenvalue weighted by molar-refractivity contribution is -0.134. The zero-order valence-corrected chi connectivity index (χ0v) is 38.2. The van der Waals surface area contributed by atoms with Crippen molar-refractivity contribution in [3.63, 3.8) is 0 Å². The fourth-order valence-electron chi connectivity index (χ4n) is 6.10. The molecule has 0 fully saturated rings. The van der Waals surface area contributed by atoms with Gasteiger partial charge < -0.3 is 20.3 Å². The number of nitrogens with one attached hydrogen (secondary N) is 1. The van der Waals surface area contributed by atoms with E-state index >= 15 is 0 Å². The van der Waals surface area contributed by atoms with Gasteiger partial charge in [0, 0.05) is 54.2 Å². The van der Waals surface area contributed by atoms with Gasteiger partial charge in [-0.05, 0) is 209 Å². The maximum Gasteiger partial charge on any atom is 0.300 e. The molecule has 9 rings (SSSR count). The number of H-pyrrole nitrogens is 1. The molecule has 4 N–H and O–H groups in total. The average molecular weight is 1220 g/mol. The van der Waals surface area contributed by atoms with Gasteiger partial charge in [-0.15, -0.1) is 0 Å². The monoisotopic (exact) mass is 1220 g/mol. The van der Waals surface area contributed by atoms with Crippen LogP contribution in [-0.4, -0.2) is 49.1 Å². The molecule has 58 heavy (non-hydrogen) atoms. The Bertz CT molecular complexity index is 2710. The largest absolute Gasteiger partial charge is 0.508 e. The van der Waals surface area contributed by atoms with Crippen LogP contribution in [0.1, 0.15) is 45.4 Å². The molecule has 1 aliphatic rings. The summed E-state index contributed by atoms with van der Waals surface area (Å²) < 4.78 is 4.31. The number of carboxylic acids is 1. The van der Waals surface area contributed by atoms with Crippen molar-refractivity contribution < 1.29 is 34.5 Å². The second-order valence-electron chi connectivity index (χ2n) is 12.5. The lowest BCUT2D eigenvalue weighted by Gasteiger charge is -2.18. The van der Waals surface area contributed by atoms with Gasteiger partial charge in [-0.1, -0.05) is 31.7 Å². The second-order valence-corrected chi connectivity index (χ2v) is 17.5. The van der Waals surface area contributed by atoms with Crippen molar-refractivity contribution in [2.45, 2.75) is 14.4 Å². The number of aromatic amines is 1. The number of imidazole rings is 1. The maximum atomic E-state index is 12.1. The number of aldehydes is 1. The molecule has 7 aromatic carbocycles. The first-order valence-corrected chi connectivity index (χ1v) is 21.2. The average Bonchev–Trinajstić information content (AvgIpc) is 3.64.